The number of carbonyl (C=O) groups is 2. The number of aliphatic hydroxyl groups is 2. The molecule has 0 saturated carbocycles. The Kier molecular flexibility index (Phi) is 14.3. The number of alkyl carbamates (subject to hydrolysis) is 1. The van der Waals surface area contributed by atoms with Crippen LogP contribution in [0.15, 0.2) is 42.5 Å². The van der Waals surface area contributed by atoms with Gasteiger partial charge in [0, 0.05) is 42.9 Å². The van der Waals surface area contributed by atoms with E-state index >= 15 is 0 Å². The molecule has 3 rings (SSSR count). The van der Waals surface area contributed by atoms with Gasteiger partial charge in [-0.1, -0.05) is 23.7 Å². The van der Waals surface area contributed by atoms with E-state index in [2.05, 4.69) is 20.7 Å². The molecular formula is C30H42ClN3O8. The fraction of sp³-hybridized carbons (Fsp3) is 0.533. The van der Waals surface area contributed by atoms with Gasteiger partial charge in [-0.05, 0) is 73.7 Å². The molecule has 0 bridgehead atoms. The first kappa shape index (κ1) is 33.6. The lowest BCUT2D eigenvalue weighted by Crippen LogP contribution is -2.41. The normalized spacial score (nSPS) is 17.1. The smallest absolute Gasteiger partial charge is 0.406 e. The SMILES string of the molecule is CN[C@H](CNC(=O)c1cc(OC[C@H](O)CO)cc(C(OCCNC(=O)OC)c2cccc(Cl)c2)c1)C[C@H]1CCCOC1. The lowest BCUT2D eigenvalue weighted by atomic mass is 9.94. The van der Waals surface area contributed by atoms with Gasteiger partial charge in [0.15, 0.2) is 0 Å². The Hall–Kier alpha value is -2.93. The van der Waals surface area contributed by atoms with E-state index in [1.54, 1.807) is 36.4 Å². The molecule has 12 heteroatoms. The van der Waals surface area contributed by atoms with Gasteiger partial charge in [-0.25, -0.2) is 4.79 Å². The lowest BCUT2D eigenvalue weighted by molar-refractivity contribution is 0.0478. The second kappa shape index (κ2) is 17.9. The van der Waals surface area contributed by atoms with Crippen molar-refractivity contribution in [1.29, 1.82) is 0 Å². The minimum absolute atomic E-state index is 0.0732. The van der Waals surface area contributed by atoms with Gasteiger partial charge in [0.25, 0.3) is 5.91 Å². The van der Waals surface area contributed by atoms with Crippen molar-refractivity contribution in [2.24, 2.45) is 5.92 Å². The maximum Gasteiger partial charge on any atom is 0.406 e. The summed E-state index contributed by atoms with van der Waals surface area (Å²) in [6.07, 6.45) is 0.699. The van der Waals surface area contributed by atoms with Gasteiger partial charge >= 0.3 is 6.09 Å². The Balaban J connectivity index is 1.84. The van der Waals surface area contributed by atoms with Gasteiger partial charge < -0.3 is 45.1 Å². The quantitative estimate of drug-likeness (QED) is 0.182. The van der Waals surface area contributed by atoms with Gasteiger partial charge in [-0.3, -0.25) is 4.79 Å². The number of hydrogen-bond acceptors (Lipinski definition) is 9. The predicted molar refractivity (Wildman–Crippen MR) is 158 cm³/mol. The second-order valence-corrected chi connectivity index (χ2v) is 10.6. The maximum atomic E-state index is 13.4. The summed E-state index contributed by atoms with van der Waals surface area (Å²) in [5.74, 6) is 0.457. The van der Waals surface area contributed by atoms with Crippen LogP contribution in [0.2, 0.25) is 5.02 Å². The minimum atomic E-state index is -1.09. The number of carbonyl (C=O) groups excluding carboxylic acids is 2. The van der Waals surface area contributed by atoms with Crippen LogP contribution < -0.4 is 20.7 Å². The van der Waals surface area contributed by atoms with Crippen molar-refractivity contribution < 1.29 is 38.7 Å². The fourth-order valence-corrected chi connectivity index (χ4v) is 4.91. The summed E-state index contributed by atoms with van der Waals surface area (Å²) in [4.78, 5) is 24.9. The number of benzene rings is 2. The molecular weight excluding hydrogens is 566 g/mol. The van der Waals surface area contributed by atoms with Crippen molar-refractivity contribution >= 4 is 23.6 Å². The molecule has 1 unspecified atom stereocenters. The van der Waals surface area contributed by atoms with E-state index in [1.807, 2.05) is 13.1 Å². The number of aliphatic hydroxyl groups excluding tert-OH is 2. The summed E-state index contributed by atoms with van der Waals surface area (Å²) in [5, 5.41) is 28.5. The molecule has 1 saturated heterocycles. The molecule has 2 aromatic carbocycles. The summed E-state index contributed by atoms with van der Waals surface area (Å²) < 4.78 is 22.1. The lowest BCUT2D eigenvalue weighted by Gasteiger charge is -2.26. The minimum Gasteiger partial charge on any atom is -0.491 e. The third-order valence-corrected chi connectivity index (χ3v) is 7.16. The molecule has 1 aliphatic heterocycles. The second-order valence-electron chi connectivity index (χ2n) is 10.2. The number of methoxy groups -OCH3 is 1. The van der Waals surface area contributed by atoms with Crippen LogP contribution in [0.5, 0.6) is 5.75 Å². The van der Waals surface area contributed by atoms with Gasteiger partial charge in [0.2, 0.25) is 0 Å². The summed E-state index contributed by atoms with van der Waals surface area (Å²) in [6.45, 7) is 1.64. The van der Waals surface area contributed by atoms with Crippen LogP contribution in [-0.4, -0.2) is 94.6 Å². The molecule has 0 aliphatic carbocycles. The van der Waals surface area contributed by atoms with Crippen LogP contribution in [0.1, 0.15) is 46.9 Å². The van der Waals surface area contributed by atoms with Crippen LogP contribution in [0, 0.1) is 5.92 Å². The zero-order valence-electron chi connectivity index (χ0n) is 24.1. The standard InChI is InChI=1S/C30H42ClN3O8/c1-32-25(11-20-5-4-9-40-18-20)16-34-29(37)23-12-22(14-27(15-23)42-19-26(36)17-35)28(21-6-3-7-24(31)13-21)41-10-8-33-30(38)39-2/h3,6-7,12-15,20,25-26,28,32,35-36H,4-5,8-11,16-19H2,1-2H3,(H,33,38)(H,34,37)/t20-,25+,26-,28?/m1/s1. The molecule has 42 heavy (non-hydrogen) atoms. The molecule has 2 amide bonds. The molecule has 11 nitrogen and oxygen atoms in total. The topological polar surface area (TPSA) is 148 Å². The number of halogens is 1. The first-order valence-electron chi connectivity index (χ1n) is 14.1. The Morgan fingerprint density at radius 3 is 2.69 bits per heavy atom. The highest BCUT2D eigenvalue weighted by Crippen LogP contribution is 2.31. The van der Waals surface area contributed by atoms with E-state index < -0.39 is 24.9 Å². The molecule has 0 aromatic heterocycles. The number of amides is 2. The van der Waals surface area contributed by atoms with Crippen LogP contribution in [0.25, 0.3) is 0 Å². The van der Waals surface area contributed by atoms with Crippen LogP contribution in [-0.2, 0) is 14.2 Å². The van der Waals surface area contributed by atoms with E-state index in [0.717, 1.165) is 38.0 Å². The van der Waals surface area contributed by atoms with Gasteiger partial charge in [-0.15, -0.1) is 0 Å². The number of ether oxygens (including phenoxy) is 4. The largest absolute Gasteiger partial charge is 0.491 e. The monoisotopic (exact) mass is 607 g/mol. The van der Waals surface area contributed by atoms with Gasteiger partial charge in [0.1, 0.15) is 24.6 Å². The van der Waals surface area contributed by atoms with Crippen molar-refractivity contribution in [2.45, 2.75) is 37.5 Å². The highest BCUT2D eigenvalue weighted by Gasteiger charge is 2.22. The summed E-state index contributed by atoms with van der Waals surface area (Å²) >= 11 is 6.28. The first-order chi connectivity index (χ1) is 20.3. The predicted octanol–water partition coefficient (Wildman–Crippen LogP) is 2.67. The molecule has 1 aliphatic rings. The van der Waals surface area contributed by atoms with Crippen molar-refractivity contribution in [3.8, 4) is 5.75 Å². The average Bonchev–Trinajstić information content (AvgIpc) is 3.01. The van der Waals surface area contributed by atoms with Crippen molar-refractivity contribution in [3.05, 3.63) is 64.2 Å². The van der Waals surface area contributed by atoms with Gasteiger partial charge in [-0.2, -0.15) is 0 Å². The Morgan fingerprint density at radius 2 is 2.00 bits per heavy atom. The van der Waals surface area contributed by atoms with Crippen LogP contribution >= 0.6 is 11.6 Å². The highest BCUT2D eigenvalue weighted by atomic mass is 35.5. The molecule has 0 radical (unpaired) electrons. The molecule has 4 atom stereocenters. The van der Waals surface area contributed by atoms with E-state index in [4.69, 9.17) is 25.8 Å². The molecule has 1 heterocycles. The highest BCUT2D eigenvalue weighted by molar-refractivity contribution is 6.30. The fourth-order valence-electron chi connectivity index (χ4n) is 4.71. The van der Waals surface area contributed by atoms with Crippen molar-refractivity contribution in [1.82, 2.24) is 16.0 Å². The van der Waals surface area contributed by atoms with E-state index in [9.17, 15) is 19.8 Å². The average molecular weight is 608 g/mol. The molecule has 5 N–H and O–H groups in total. The number of rotatable bonds is 16. The van der Waals surface area contributed by atoms with Crippen LogP contribution in [0.4, 0.5) is 4.79 Å². The van der Waals surface area contributed by atoms with Crippen molar-refractivity contribution in [2.75, 3.05) is 60.3 Å². The maximum absolute atomic E-state index is 13.4. The Bertz CT molecular complexity index is 1130. The van der Waals surface area contributed by atoms with Crippen LogP contribution in [0.3, 0.4) is 0 Å². The number of nitrogens with one attached hydrogen (secondary N) is 3. The molecule has 0 spiro atoms. The van der Waals surface area contributed by atoms with Gasteiger partial charge in [0.05, 0.1) is 20.3 Å². The van der Waals surface area contributed by atoms with E-state index in [0.29, 0.717) is 34.4 Å². The summed E-state index contributed by atoms with van der Waals surface area (Å²) in [6, 6.07) is 12.2. The summed E-state index contributed by atoms with van der Waals surface area (Å²) in [7, 11) is 3.15. The molecule has 2 aromatic rings. The zero-order valence-corrected chi connectivity index (χ0v) is 24.9. The third kappa shape index (κ3) is 11.0. The molecule has 232 valence electrons. The number of likely N-dealkylation sites (N-methyl/N-ethyl adjacent to an activating group) is 1. The Morgan fingerprint density at radius 1 is 1.17 bits per heavy atom. The zero-order chi connectivity index (χ0) is 30.3. The molecule has 1 fully saturated rings. The number of hydrogen-bond donors (Lipinski definition) is 5. The third-order valence-electron chi connectivity index (χ3n) is 6.93. The van der Waals surface area contributed by atoms with E-state index in [-0.39, 0.29) is 31.7 Å². The summed E-state index contributed by atoms with van der Waals surface area (Å²) in [5.41, 5.74) is 1.66. The first-order valence-corrected chi connectivity index (χ1v) is 14.5. The Labute approximate surface area is 251 Å². The van der Waals surface area contributed by atoms with E-state index in [1.165, 1.54) is 7.11 Å². The van der Waals surface area contributed by atoms with Crippen molar-refractivity contribution in [3.63, 3.8) is 0 Å².